The molecule has 1 aromatic heterocycles. The average Bonchev–Trinajstić information content (AvgIpc) is 3.16. The first-order chi connectivity index (χ1) is 17.1. The number of para-hydroxylation sites is 1. The Bertz CT molecular complexity index is 1370. The summed E-state index contributed by atoms with van der Waals surface area (Å²) in [5.41, 5.74) is 4.01. The van der Waals surface area contributed by atoms with Crippen LogP contribution in [-0.4, -0.2) is 21.0 Å². The molecule has 0 aliphatic carbocycles. The van der Waals surface area contributed by atoms with Crippen molar-refractivity contribution >= 4 is 46.4 Å². The average molecular weight is 494 g/mol. The van der Waals surface area contributed by atoms with Crippen molar-refractivity contribution < 1.29 is 4.79 Å². The lowest BCUT2D eigenvalue weighted by Crippen LogP contribution is -2.28. The Morgan fingerprint density at radius 3 is 2.31 bits per heavy atom. The minimum Gasteiger partial charge on any atom is -0.282 e. The Balaban J connectivity index is 1.38. The minimum absolute atomic E-state index is 0.0494. The molecule has 0 atom stereocenters. The van der Waals surface area contributed by atoms with Gasteiger partial charge in [0, 0.05) is 22.2 Å². The van der Waals surface area contributed by atoms with Crippen molar-refractivity contribution in [2.75, 3.05) is 0 Å². The van der Waals surface area contributed by atoms with Crippen molar-refractivity contribution in [1.82, 2.24) is 9.88 Å². The van der Waals surface area contributed by atoms with Crippen molar-refractivity contribution in [2.45, 2.75) is 23.3 Å². The normalized spacial score (nSPS) is 15.8. The van der Waals surface area contributed by atoms with Crippen molar-refractivity contribution in [3.63, 3.8) is 0 Å². The van der Waals surface area contributed by atoms with Gasteiger partial charge in [0.2, 0.25) is 0 Å². The van der Waals surface area contributed by atoms with Crippen molar-refractivity contribution in [1.29, 1.82) is 0 Å². The Morgan fingerprint density at radius 1 is 0.914 bits per heavy atom. The maximum absolute atomic E-state index is 13.4. The second-order valence-corrected chi connectivity index (χ2v) is 10.2. The van der Waals surface area contributed by atoms with Crippen LogP contribution in [0.15, 0.2) is 123 Å². The number of carbonyl (C=O) groups excluding carboxylic acids is 1. The first kappa shape index (κ1) is 23.1. The highest BCUT2D eigenvalue weighted by Gasteiger charge is 2.33. The van der Waals surface area contributed by atoms with E-state index in [9.17, 15) is 4.79 Å². The van der Waals surface area contributed by atoms with E-state index in [4.69, 9.17) is 4.99 Å². The summed E-state index contributed by atoms with van der Waals surface area (Å²) in [6, 6.07) is 30.4. The molecule has 6 heteroatoms. The van der Waals surface area contributed by atoms with Crippen LogP contribution in [-0.2, 0) is 11.3 Å². The number of nitrogens with zero attached hydrogens (tertiary/aromatic N) is 3. The standard InChI is InChI=1S/C29H23N3OS2/c1-21-9-13-25(14-10-21)34-26-15-11-22(12-16-26)18-27-28(33)32(20-23-6-5-17-30-19-23)29(35-27)31-24-7-3-2-4-8-24/h2-19H,20H2,1H3/b27-18-,31-29?. The molecule has 35 heavy (non-hydrogen) atoms. The molecular weight excluding hydrogens is 470 g/mol. The first-order valence-electron chi connectivity index (χ1n) is 11.2. The molecule has 1 aliphatic rings. The van der Waals surface area contributed by atoms with Crippen molar-refractivity contribution in [2.24, 2.45) is 4.99 Å². The number of carbonyl (C=O) groups is 1. The number of hydrogen-bond donors (Lipinski definition) is 0. The lowest BCUT2D eigenvalue weighted by atomic mass is 10.2. The van der Waals surface area contributed by atoms with E-state index in [0.29, 0.717) is 16.6 Å². The van der Waals surface area contributed by atoms with Gasteiger partial charge in [0.15, 0.2) is 5.17 Å². The number of benzene rings is 3. The molecule has 0 spiro atoms. The Kier molecular flexibility index (Phi) is 7.12. The van der Waals surface area contributed by atoms with Crippen LogP contribution in [0.1, 0.15) is 16.7 Å². The third kappa shape index (κ3) is 5.91. The molecule has 4 nitrogen and oxygen atoms in total. The van der Waals surface area contributed by atoms with E-state index in [1.807, 2.05) is 48.5 Å². The van der Waals surface area contributed by atoms with Gasteiger partial charge in [-0.2, -0.15) is 0 Å². The summed E-state index contributed by atoms with van der Waals surface area (Å²) in [6.07, 6.45) is 5.45. The molecule has 1 saturated heterocycles. The zero-order valence-corrected chi connectivity index (χ0v) is 20.8. The molecule has 2 heterocycles. The van der Waals surface area contributed by atoms with E-state index in [1.165, 1.54) is 22.2 Å². The smallest absolute Gasteiger partial charge is 0.267 e. The van der Waals surface area contributed by atoms with Crippen molar-refractivity contribution in [3.8, 4) is 0 Å². The van der Waals surface area contributed by atoms with Crippen LogP contribution in [0.4, 0.5) is 5.69 Å². The Morgan fingerprint density at radius 2 is 1.63 bits per heavy atom. The number of aryl methyl sites for hydroxylation is 1. The van der Waals surface area contributed by atoms with Crippen LogP contribution in [0, 0.1) is 6.92 Å². The molecule has 1 aliphatic heterocycles. The van der Waals surface area contributed by atoms with E-state index in [0.717, 1.165) is 21.7 Å². The largest absolute Gasteiger partial charge is 0.282 e. The second-order valence-electron chi connectivity index (χ2n) is 8.08. The fraction of sp³-hybridized carbons (Fsp3) is 0.0690. The topological polar surface area (TPSA) is 45.6 Å². The first-order valence-corrected chi connectivity index (χ1v) is 12.9. The van der Waals surface area contributed by atoms with Gasteiger partial charge in [0.1, 0.15) is 0 Å². The third-order valence-electron chi connectivity index (χ3n) is 5.37. The maximum atomic E-state index is 13.4. The number of aromatic nitrogens is 1. The predicted molar refractivity (Wildman–Crippen MR) is 146 cm³/mol. The molecule has 0 saturated carbocycles. The fourth-order valence-corrected chi connectivity index (χ4v) is 5.36. The summed E-state index contributed by atoms with van der Waals surface area (Å²) in [5.74, 6) is -0.0494. The molecule has 3 aromatic carbocycles. The molecule has 0 N–H and O–H groups in total. The summed E-state index contributed by atoms with van der Waals surface area (Å²) in [7, 11) is 0. The van der Waals surface area contributed by atoms with Gasteiger partial charge in [-0.3, -0.25) is 14.7 Å². The molecule has 1 fully saturated rings. The highest BCUT2D eigenvalue weighted by Crippen LogP contribution is 2.35. The molecule has 4 aromatic rings. The number of rotatable bonds is 6. The molecule has 5 rings (SSSR count). The minimum atomic E-state index is -0.0494. The summed E-state index contributed by atoms with van der Waals surface area (Å²) >= 11 is 3.13. The van der Waals surface area contributed by atoms with E-state index < -0.39 is 0 Å². The zero-order valence-electron chi connectivity index (χ0n) is 19.2. The molecule has 0 unspecified atom stereocenters. The number of hydrogen-bond acceptors (Lipinski definition) is 5. The van der Waals surface area contributed by atoms with Gasteiger partial charge >= 0.3 is 0 Å². The highest BCUT2D eigenvalue weighted by molar-refractivity contribution is 8.18. The molecule has 0 bridgehead atoms. The number of thioether (sulfide) groups is 1. The SMILES string of the molecule is Cc1ccc(Sc2ccc(/C=C3\SC(=Nc4ccccc4)N(Cc4cccnc4)C3=O)cc2)cc1. The van der Waals surface area contributed by atoms with Crippen molar-refractivity contribution in [3.05, 3.63) is 125 Å². The molecular formula is C29H23N3OS2. The quantitative estimate of drug-likeness (QED) is 0.264. The number of aliphatic imine (C=N–C) groups is 1. The zero-order chi connectivity index (χ0) is 24.0. The van der Waals surface area contributed by atoms with Gasteiger partial charge in [-0.1, -0.05) is 65.9 Å². The monoisotopic (exact) mass is 493 g/mol. The van der Waals surface area contributed by atoms with Crippen LogP contribution in [0.2, 0.25) is 0 Å². The molecule has 1 amide bonds. The van der Waals surface area contributed by atoms with E-state index in [-0.39, 0.29) is 5.91 Å². The van der Waals surface area contributed by atoms with Gasteiger partial charge in [-0.15, -0.1) is 0 Å². The predicted octanol–water partition coefficient (Wildman–Crippen LogP) is 7.35. The summed E-state index contributed by atoms with van der Waals surface area (Å²) < 4.78 is 0. The van der Waals surface area contributed by atoms with Gasteiger partial charge in [0.25, 0.3) is 5.91 Å². The van der Waals surface area contributed by atoms with E-state index in [1.54, 1.807) is 29.1 Å². The second kappa shape index (κ2) is 10.8. The van der Waals surface area contributed by atoms with Gasteiger partial charge in [-0.25, -0.2) is 4.99 Å². The molecule has 172 valence electrons. The Labute approximate surface area is 213 Å². The van der Waals surface area contributed by atoms with Crippen LogP contribution >= 0.6 is 23.5 Å². The van der Waals surface area contributed by atoms with Crippen LogP contribution < -0.4 is 0 Å². The van der Waals surface area contributed by atoms with Gasteiger partial charge < -0.3 is 0 Å². The summed E-state index contributed by atoms with van der Waals surface area (Å²) in [4.78, 5) is 27.1. The number of amidine groups is 1. The molecule has 0 radical (unpaired) electrons. The lowest BCUT2D eigenvalue weighted by Gasteiger charge is -2.15. The van der Waals surface area contributed by atoms with Crippen LogP contribution in [0.3, 0.4) is 0 Å². The van der Waals surface area contributed by atoms with Gasteiger partial charge in [-0.05, 0) is 78.4 Å². The number of amides is 1. The van der Waals surface area contributed by atoms with Gasteiger partial charge in [0.05, 0.1) is 17.1 Å². The van der Waals surface area contributed by atoms with Crippen LogP contribution in [0.25, 0.3) is 6.08 Å². The maximum Gasteiger partial charge on any atom is 0.267 e. The highest BCUT2D eigenvalue weighted by atomic mass is 32.2. The van der Waals surface area contributed by atoms with Crippen LogP contribution in [0.5, 0.6) is 0 Å². The summed E-state index contributed by atoms with van der Waals surface area (Å²) in [5, 5.41) is 0.669. The lowest BCUT2D eigenvalue weighted by molar-refractivity contribution is -0.122. The third-order valence-corrected chi connectivity index (χ3v) is 7.39. The van der Waals surface area contributed by atoms with E-state index >= 15 is 0 Å². The van der Waals surface area contributed by atoms with E-state index in [2.05, 4.69) is 60.4 Å². The Hall–Kier alpha value is -3.61. The number of pyridine rings is 1. The summed E-state index contributed by atoms with van der Waals surface area (Å²) in [6.45, 7) is 2.52. The fourth-order valence-electron chi connectivity index (χ4n) is 3.54.